The second kappa shape index (κ2) is 7.93. The van der Waals surface area contributed by atoms with Gasteiger partial charge in [0, 0.05) is 30.7 Å². The van der Waals surface area contributed by atoms with Crippen LogP contribution in [0.4, 0.5) is 0 Å². The zero-order valence-corrected chi connectivity index (χ0v) is 18.3. The molecule has 0 aromatic heterocycles. The van der Waals surface area contributed by atoms with Crippen LogP contribution in [0, 0.1) is 11.8 Å². The van der Waals surface area contributed by atoms with E-state index in [4.69, 9.17) is 10.5 Å². The Labute approximate surface area is 194 Å². The summed E-state index contributed by atoms with van der Waals surface area (Å²) in [5.41, 5.74) is 2.47. The fourth-order valence-electron chi connectivity index (χ4n) is 5.92. The van der Waals surface area contributed by atoms with Crippen molar-refractivity contribution in [2.75, 3.05) is 13.2 Å². The lowest BCUT2D eigenvalue weighted by atomic mass is 9.57. The van der Waals surface area contributed by atoms with Gasteiger partial charge in [0.15, 0.2) is 11.4 Å². The van der Waals surface area contributed by atoms with E-state index in [-0.39, 0.29) is 35.8 Å². The van der Waals surface area contributed by atoms with E-state index < -0.39 is 58.0 Å². The number of aliphatic hydroxyl groups is 3. The summed E-state index contributed by atoms with van der Waals surface area (Å²) in [7, 11) is 0. The molecule has 1 amide bonds. The Kier molecular flexibility index (Phi) is 5.27. The van der Waals surface area contributed by atoms with Gasteiger partial charge in [-0.2, -0.15) is 0 Å². The maximum absolute atomic E-state index is 13.7. The first-order valence-electron chi connectivity index (χ1n) is 11.3. The molecule has 0 spiro atoms. The van der Waals surface area contributed by atoms with Crippen molar-refractivity contribution in [2.24, 2.45) is 17.6 Å². The zero-order chi connectivity index (χ0) is 24.4. The summed E-state index contributed by atoms with van der Waals surface area (Å²) in [5, 5.41) is 46.9. The molecule has 10 nitrogen and oxygen atoms in total. The predicted molar refractivity (Wildman–Crippen MR) is 118 cm³/mol. The number of benzene rings is 1. The Balaban J connectivity index is 1.65. The van der Waals surface area contributed by atoms with Crippen molar-refractivity contribution < 1.29 is 39.5 Å². The van der Waals surface area contributed by atoms with Crippen molar-refractivity contribution in [1.29, 1.82) is 0 Å². The number of amides is 1. The highest BCUT2D eigenvalue weighted by molar-refractivity contribution is 6.24. The van der Waals surface area contributed by atoms with Crippen molar-refractivity contribution >= 4 is 23.2 Å². The zero-order valence-electron chi connectivity index (χ0n) is 18.3. The number of aromatic hydroxyl groups is 1. The number of phenolic OH excluding ortho intramolecular Hbond substituents is 1. The van der Waals surface area contributed by atoms with Crippen LogP contribution in [0.25, 0.3) is 5.76 Å². The van der Waals surface area contributed by atoms with E-state index in [1.807, 2.05) is 0 Å². The van der Waals surface area contributed by atoms with E-state index in [1.165, 1.54) is 6.07 Å². The van der Waals surface area contributed by atoms with Crippen LogP contribution < -0.4 is 11.1 Å². The Morgan fingerprint density at radius 1 is 1.15 bits per heavy atom. The van der Waals surface area contributed by atoms with Gasteiger partial charge in [-0.15, -0.1) is 0 Å². The number of ether oxygens (including phenoxy) is 1. The Bertz CT molecular complexity index is 1170. The molecule has 7 N–H and O–H groups in total. The number of carbonyl (C=O) groups excluding carboxylic acids is 3. The van der Waals surface area contributed by atoms with Gasteiger partial charge in [-0.25, -0.2) is 0 Å². The molecule has 4 atom stereocenters. The van der Waals surface area contributed by atoms with Crippen molar-refractivity contribution in [1.82, 2.24) is 5.32 Å². The van der Waals surface area contributed by atoms with E-state index >= 15 is 0 Å². The van der Waals surface area contributed by atoms with Crippen LogP contribution in [0.2, 0.25) is 0 Å². The average Bonchev–Trinajstić information content (AvgIpc) is 2.79. The fraction of sp³-hybridized carbons (Fsp3) is 0.458. The van der Waals surface area contributed by atoms with Gasteiger partial charge < -0.3 is 36.2 Å². The van der Waals surface area contributed by atoms with Gasteiger partial charge >= 0.3 is 0 Å². The smallest absolute Gasteiger partial charge is 0.255 e. The number of aliphatic hydroxyl groups excluding tert-OH is 2. The van der Waals surface area contributed by atoms with Crippen LogP contribution in [0.3, 0.4) is 0 Å². The van der Waals surface area contributed by atoms with Gasteiger partial charge in [-0.3, -0.25) is 14.4 Å². The normalized spacial score (nSPS) is 31.7. The number of fused-ring (bicyclic) bond motifs is 3. The summed E-state index contributed by atoms with van der Waals surface area (Å²) in [5.74, 6) is -6.51. The molecule has 4 aliphatic rings. The van der Waals surface area contributed by atoms with Crippen molar-refractivity contribution in [3.8, 4) is 5.75 Å². The molecule has 1 aliphatic heterocycles. The van der Waals surface area contributed by atoms with E-state index in [9.17, 15) is 34.8 Å². The van der Waals surface area contributed by atoms with Gasteiger partial charge in [-0.1, -0.05) is 12.1 Å². The lowest BCUT2D eigenvalue weighted by molar-refractivity contribution is -0.150. The highest BCUT2D eigenvalue weighted by atomic mass is 16.5. The minimum atomic E-state index is -2.64. The molecule has 1 aromatic carbocycles. The number of hydrogen-bond donors (Lipinski definition) is 6. The number of hydrogen-bond acceptors (Lipinski definition) is 9. The van der Waals surface area contributed by atoms with Crippen molar-refractivity contribution in [2.45, 2.75) is 43.4 Å². The summed E-state index contributed by atoms with van der Waals surface area (Å²) >= 11 is 0. The van der Waals surface area contributed by atoms with E-state index in [0.29, 0.717) is 31.6 Å². The van der Waals surface area contributed by atoms with Crippen LogP contribution in [-0.4, -0.2) is 68.8 Å². The van der Waals surface area contributed by atoms with Gasteiger partial charge in [-0.05, 0) is 43.2 Å². The Morgan fingerprint density at radius 3 is 2.53 bits per heavy atom. The molecule has 3 aliphatic carbocycles. The van der Waals surface area contributed by atoms with Crippen LogP contribution in [0.1, 0.15) is 30.4 Å². The van der Waals surface area contributed by atoms with Crippen LogP contribution in [0.5, 0.6) is 5.75 Å². The summed E-state index contributed by atoms with van der Waals surface area (Å²) in [4.78, 5) is 39.1. The SMILES string of the molecule is NC(=O)C1=C(O)[C@@]2(O)C(=O)C3=C(O)c4c(O)cccc4C[C@H]3C[C@H]2[C@@H](NC2CCOCC2)C1=O. The number of phenols is 1. The molecule has 0 bridgehead atoms. The molecule has 1 saturated heterocycles. The third-order valence-electron chi connectivity index (χ3n) is 7.57. The molecule has 0 unspecified atom stereocenters. The van der Waals surface area contributed by atoms with Crippen molar-refractivity contribution in [3.63, 3.8) is 0 Å². The lowest BCUT2D eigenvalue weighted by Crippen LogP contribution is -2.67. The number of ketones is 2. The van der Waals surface area contributed by atoms with Crippen molar-refractivity contribution in [3.05, 3.63) is 46.2 Å². The first kappa shape index (κ1) is 22.6. The summed E-state index contributed by atoms with van der Waals surface area (Å²) in [6.07, 6.45) is 1.53. The Hall–Kier alpha value is -3.21. The molecule has 5 rings (SSSR count). The number of carbonyl (C=O) groups is 3. The molecule has 1 heterocycles. The maximum atomic E-state index is 13.7. The second-order valence-electron chi connectivity index (χ2n) is 9.40. The predicted octanol–water partition coefficient (Wildman–Crippen LogP) is 0.171. The first-order chi connectivity index (χ1) is 16.2. The lowest BCUT2D eigenvalue weighted by Gasteiger charge is -2.49. The molecule has 2 fully saturated rings. The molecular formula is C24H26N2O8. The maximum Gasteiger partial charge on any atom is 0.255 e. The summed E-state index contributed by atoms with van der Waals surface area (Å²) in [6.45, 7) is 0.944. The molecule has 10 heteroatoms. The van der Waals surface area contributed by atoms with E-state index in [2.05, 4.69) is 5.32 Å². The number of rotatable bonds is 3. The molecule has 34 heavy (non-hydrogen) atoms. The minimum Gasteiger partial charge on any atom is -0.508 e. The minimum absolute atomic E-state index is 0.0689. The summed E-state index contributed by atoms with van der Waals surface area (Å²) in [6, 6.07) is 3.41. The molecule has 1 aromatic rings. The largest absolute Gasteiger partial charge is 0.508 e. The van der Waals surface area contributed by atoms with Gasteiger partial charge in [0.2, 0.25) is 5.78 Å². The highest BCUT2D eigenvalue weighted by Crippen LogP contribution is 2.52. The molecular weight excluding hydrogens is 444 g/mol. The Morgan fingerprint density at radius 2 is 1.85 bits per heavy atom. The number of nitrogens with two attached hydrogens (primary N) is 1. The second-order valence-corrected chi connectivity index (χ2v) is 9.40. The molecule has 180 valence electrons. The van der Waals surface area contributed by atoms with E-state index in [1.54, 1.807) is 12.1 Å². The van der Waals surface area contributed by atoms with Crippen LogP contribution >= 0.6 is 0 Å². The van der Waals surface area contributed by atoms with Gasteiger partial charge in [0.25, 0.3) is 5.91 Å². The van der Waals surface area contributed by atoms with Crippen LogP contribution in [0.15, 0.2) is 35.1 Å². The van der Waals surface area contributed by atoms with Gasteiger partial charge in [0.1, 0.15) is 22.8 Å². The number of Topliss-reactive ketones (excluding diaryl/α,β-unsaturated/α-hetero) is 2. The third kappa shape index (κ3) is 3.09. The molecule has 1 saturated carbocycles. The monoisotopic (exact) mass is 470 g/mol. The van der Waals surface area contributed by atoms with Crippen LogP contribution in [-0.2, 0) is 25.5 Å². The highest BCUT2D eigenvalue weighted by Gasteiger charge is 2.63. The molecule has 0 radical (unpaired) electrons. The quantitative estimate of drug-likeness (QED) is 0.336. The standard InChI is InChI=1S/C24H26N2O8/c25-23(32)17-20(29)18(26-12-4-6-34-7-5-12)13-9-11-8-10-2-1-3-14(27)15(10)19(28)16(11)21(30)24(13,33)22(17)31/h1-3,11-13,18,26-28,31,33H,4-9H2,(H2,25,32)/t11-,13-,18+,24-/m0/s1. The number of primary amides is 1. The third-order valence-corrected chi connectivity index (χ3v) is 7.57. The average molecular weight is 470 g/mol. The fourth-order valence-corrected chi connectivity index (χ4v) is 5.92. The number of nitrogens with one attached hydrogen (secondary N) is 1. The van der Waals surface area contributed by atoms with Gasteiger partial charge in [0.05, 0.1) is 11.6 Å². The van der Waals surface area contributed by atoms with E-state index in [0.717, 1.165) is 0 Å². The first-order valence-corrected chi connectivity index (χ1v) is 11.3. The topological polar surface area (TPSA) is 179 Å². The summed E-state index contributed by atoms with van der Waals surface area (Å²) < 4.78 is 5.35.